The van der Waals surface area contributed by atoms with Crippen molar-refractivity contribution in [2.24, 2.45) is 16.6 Å². The van der Waals surface area contributed by atoms with Crippen LogP contribution in [-0.4, -0.2) is 58.0 Å². The van der Waals surface area contributed by atoms with Gasteiger partial charge in [0, 0.05) is 30.0 Å². The van der Waals surface area contributed by atoms with Crippen LogP contribution in [0.1, 0.15) is 88.1 Å². The minimum absolute atomic E-state index is 0.00140. The number of nitrogens with one attached hydrogen (secondary N) is 1. The van der Waals surface area contributed by atoms with E-state index in [2.05, 4.69) is 44.3 Å². The van der Waals surface area contributed by atoms with Gasteiger partial charge < -0.3 is 25.4 Å². The van der Waals surface area contributed by atoms with Crippen molar-refractivity contribution in [3.05, 3.63) is 59.2 Å². The van der Waals surface area contributed by atoms with Gasteiger partial charge in [0.05, 0.1) is 36.7 Å². The molecule has 3 amide bonds. The zero-order valence-corrected chi connectivity index (χ0v) is 24.8. The number of nitrogens with two attached hydrogens (primary N) is 1. The van der Waals surface area contributed by atoms with E-state index in [0.717, 1.165) is 54.7 Å². The van der Waals surface area contributed by atoms with Crippen LogP contribution in [0.15, 0.2) is 47.5 Å². The van der Waals surface area contributed by atoms with Crippen LogP contribution in [0.4, 0.5) is 4.79 Å². The molecule has 6 aliphatic rings. The maximum Gasteiger partial charge on any atom is 0.318 e. The van der Waals surface area contributed by atoms with Crippen LogP contribution >= 0.6 is 0 Å². The van der Waals surface area contributed by atoms with Crippen molar-refractivity contribution in [1.29, 1.82) is 0 Å². The quantitative estimate of drug-likeness (QED) is 0.476. The average Bonchev–Trinajstić information content (AvgIpc) is 3.75. The molecule has 9 heteroatoms. The van der Waals surface area contributed by atoms with Gasteiger partial charge in [-0.3, -0.25) is 9.69 Å². The van der Waals surface area contributed by atoms with Gasteiger partial charge in [0.25, 0.3) is 0 Å². The zero-order valence-electron chi connectivity index (χ0n) is 24.8. The normalized spacial score (nSPS) is 31.6. The van der Waals surface area contributed by atoms with Crippen LogP contribution < -0.4 is 20.5 Å². The van der Waals surface area contributed by atoms with Crippen molar-refractivity contribution in [2.75, 3.05) is 13.2 Å². The molecule has 42 heavy (non-hydrogen) atoms. The van der Waals surface area contributed by atoms with E-state index in [1.165, 1.54) is 5.56 Å². The third kappa shape index (κ3) is 4.67. The second-order valence-electron chi connectivity index (χ2n) is 13.3. The molecule has 0 aliphatic carbocycles. The van der Waals surface area contributed by atoms with Crippen LogP contribution in [0.25, 0.3) is 0 Å². The first-order valence-corrected chi connectivity index (χ1v) is 15.4. The molecule has 3 N–H and O–H groups in total. The van der Waals surface area contributed by atoms with E-state index in [1.54, 1.807) is 4.90 Å². The number of aryl methyl sites for hydroxylation is 1. The summed E-state index contributed by atoms with van der Waals surface area (Å²) >= 11 is 0. The number of amides is 3. The largest absolute Gasteiger partial charge is 0.493 e. The molecule has 1 fully saturated rings. The minimum atomic E-state index is -0.491. The van der Waals surface area contributed by atoms with Crippen LogP contribution in [-0.2, 0) is 11.2 Å². The Kier molecular flexibility index (Phi) is 6.40. The highest BCUT2D eigenvalue weighted by atomic mass is 16.5. The first-order chi connectivity index (χ1) is 20.2. The monoisotopic (exact) mass is 571 g/mol. The Bertz CT molecular complexity index is 1460. The maximum atomic E-state index is 14.0. The number of para-hydroxylation sites is 1. The van der Waals surface area contributed by atoms with Crippen LogP contribution in [0.5, 0.6) is 11.5 Å². The molecule has 1 saturated heterocycles. The van der Waals surface area contributed by atoms with Crippen molar-refractivity contribution in [3.63, 3.8) is 0 Å². The number of fused-ring (bicyclic) bond motifs is 6. The standard InChI is InChI=1S/C33H41N5O4/c1-4-33-14-8-7-9-20-12-13-27-22(15-20)24(16-32(2,3)42-27)35-31(40)37-18-25(37)23-19-41-26-11-6-5-10-21(26)29(23)38(28(39)17-33)30(34)36-33/h5-6,10-13,15,23-25,29H,4,7-9,14,16-19H2,1-3H3,(H2,34,36)(H,35,40)/t23?,24-,25?,29?,33+,37?/m0/s1. The van der Waals surface area contributed by atoms with E-state index in [4.69, 9.17) is 20.2 Å². The van der Waals surface area contributed by atoms with Crippen LogP contribution in [0.2, 0.25) is 0 Å². The fraction of sp³-hybridized carbons (Fsp3) is 0.545. The third-order valence-corrected chi connectivity index (χ3v) is 9.95. The summed E-state index contributed by atoms with van der Waals surface area (Å²) in [5.41, 5.74) is 9.01. The minimum Gasteiger partial charge on any atom is -0.493 e. The molecule has 6 heterocycles. The number of benzene rings is 2. The summed E-state index contributed by atoms with van der Waals surface area (Å²) in [5.74, 6) is 1.73. The summed E-state index contributed by atoms with van der Waals surface area (Å²) in [7, 11) is 0. The molecule has 2 aromatic carbocycles. The van der Waals surface area contributed by atoms with Crippen molar-refractivity contribution in [1.82, 2.24) is 15.1 Å². The first kappa shape index (κ1) is 27.1. The molecule has 0 radical (unpaired) electrons. The predicted molar refractivity (Wildman–Crippen MR) is 159 cm³/mol. The number of carbonyl (C=O) groups excluding carboxylic acids is 2. The van der Waals surface area contributed by atoms with Crippen molar-refractivity contribution >= 4 is 17.9 Å². The lowest BCUT2D eigenvalue weighted by Crippen LogP contribution is -2.56. The highest BCUT2D eigenvalue weighted by Gasteiger charge is 2.54. The van der Waals surface area contributed by atoms with Crippen molar-refractivity contribution < 1.29 is 19.1 Å². The fourth-order valence-electron chi connectivity index (χ4n) is 7.63. The highest BCUT2D eigenvalue weighted by molar-refractivity contribution is 5.99. The van der Waals surface area contributed by atoms with Gasteiger partial charge in [-0.2, -0.15) is 0 Å². The van der Waals surface area contributed by atoms with E-state index < -0.39 is 11.1 Å². The highest BCUT2D eigenvalue weighted by Crippen LogP contribution is 2.47. The number of urea groups is 1. The number of nitrogens with zero attached hydrogens (tertiary/aromatic N) is 3. The number of guanidine groups is 1. The smallest absolute Gasteiger partial charge is 0.318 e. The molecule has 0 saturated carbocycles. The maximum absolute atomic E-state index is 14.0. The third-order valence-electron chi connectivity index (χ3n) is 9.95. The molecule has 4 bridgehead atoms. The zero-order chi connectivity index (χ0) is 29.2. The number of rotatable bonds is 1. The summed E-state index contributed by atoms with van der Waals surface area (Å²) in [6.45, 7) is 7.22. The lowest BCUT2D eigenvalue weighted by Gasteiger charge is -2.45. The summed E-state index contributed by atoms with van der Waals surface area (Å²) < 4.78 is 12.5. The number of aliphatic imine (C=N–C) groups is 1. The Morgan fingerprint density at radius 2 is 1.93 bits per heavy atom. The second kappa shape index (κ2) is 9.92. The van der Waals surface area contributed by atoms with Crippen LogP contribution in [0.3, 0.4) is 0 Å². The molecule has 8 rings (SSSR count). The number of hydrogen-bond acceptors (Lipinski definition) is 6. The van der Waals surface area contributed by atoms with Crippen molar-refractivity contribution in [2.45, 2.75) is 95.0 Å². The van der Waals surface area contributed by atoms with Gasteiger partial charge in [0.1, 0.15) is 17.1 Å². The topological polar surface area (TPSA) is 109 Å². The van der Waals surface area contributed by atoms with E-state index in [0.29, 0.717) is 26.0 Å². The summed E-state index contributed by atoms with van der Waals surface area (Å²) in [4.78, 5) is 36.4. The van der Waals surface area contributed by atoms with E-state index in [-0.39, 0.29) is 41.9 Å². The molecular weight excluding hydrogens is 530 g/mol. The molecule has 0 spiro atoms. The Hall–Kier alpha value is -3.75. The summed E-state index contributed by atoms with van der Waals surface area (Å²) in [5, 5.41) is 3.33. The van der Waals surface area contributed by atoms with Gasteiger partial charge in [-0.25, -0.2) is 9.79 Å². The van der Waals surface area contributed by atoms with Gasteiger partial charge in [-0.1, -0.05) is 43.7 Å². The Morgan fingerprint density at radius 1 is 1.10 bits per heavy atom. The lowest BCUT2D eigenvalue weighted by molar-refractivity contribution is -0.133. The number of hydrogen-bond donors (Lipinski definition) is 2. The van der Waals surface area contributed by atoms with E-state index in [9.17, 15) is 9.59 Å². The molecule has 2 aromatic rings. The van der Waals surface area contributed by atoms with Crippen LogP contribution in [0, 0.1) is 5.92 Å². The predicted octanol–water partition coefficient (Wildman–Crippen LogP) is 4.85. The lowest BCUT2D eigenvalue weighted by atomic mass is 9.82. The molecule has 5 atom stereocenters. The van der Waals surface area contributed by atoms with Gasteiger partial charge in [0.15, 0.2) is 5.96 Å². The van der Waals surface area contributed by atoms with Gasteiger partial charge in [-0.05, 0) is 57.2 Å². The molecule has 0 aromatic heterocycles. The molecule has 9 nitrogen and oxygen atoms in total. The summed E-state index contributed by atoms with van der Waals surface area (Å²) in [6.07, 6.45) is 5.41. The van der Waals surface area contributed by atoms with Gasteiger partial charge >= 0.3 is 6.03 Å². The Morgan fingerprint density at radius 3 is 2.74 bits per heavy atom. The van der Waals surface area contributed by atoms with Gasteiger partial charge in [-0.15, -0.1) is 0 Å². The second-order valence-corrected chi connectivity index (χ2v) is 13.3. The molecule has 3 unspecified atom stereocenters. The SMILES string of the molecule is CC[C@@]12CCCCc3ccc4c(c3)[C@H](CC(C)(C)O4)NC(=O)N3CC3C3COc4ccccc4C3N(C(=O)C1)C(N)=N2. The Labute approximate surface area is 247 Å². The van der Waals surface area contributed by atoms with E-state index >= 15 is 0 Å². The molecule has 222 valence electrons. The number of ether oxygens (including phenoxy) is 2. The first-order valence-electron chi connectivity index (χ1n) is 15.4. The van der Waals surface area contributed by atoms with E-state index in [1.807, 2.05) is 29.2 Å². The number of carbonyl (C=O) groups is 2. The average molecular weight is 572 g/mol. The fourth-order valence-corrected chi connectivity index (χ4v) is 7.63. The molecule has 6 aliphatic heterocycles. The van der Waals surface area contributed by atoms with Crippen molar-refractivity contribution in [3.8, 4) is 11.5 Å². The Balaban J connectivity index is 1.28. The van der Waals surface area contributed by atoms with Gasteiger partial charge in [0.2, 0.25) is 5.91 Å². The molecular formula is C33H41N5O4. The summed E-state index contributed by atoms with van der Waals surface area (Å²) in [6, 6.07) is 13.5.